The number of rotatable bonds is 7. The Balaban J connectivity index is 1.85. The fourth-order valence-electron chi connectivity index (χ4n) is 2.35. The maximum Gasteiger partial charge on any atom is 0.129 e. The molecule has 114 valence electrons. The molecule has 0 saturated carbocycles. The molecule has 0 spiro atoms. The summed E-state index contributed by atoms with van der Waals surface area (Å²) in [4.78, 5) is 7.10. The van der Waals surface area contributed by atoms with Gasteiger partial charge < -0.3 is 10.2 Å². The van der Waals surface area contributed by atoms with Crippen molar-refractivity contribution < 1.29 is 0 Å². The van der Waals surface area contributed by atoms with Crippen LogP contribution in [0, 0.1) is 6.92 Å². The van der Waals surface area contributed by atoms with Gasteiger partial charge in [0.15, 0.2) is 0 Å². The first-order valence-corrected chi connectivity index (χ1v) is 7.88. The second kappa shape index (κ2) is 7.41. The Kier molecular flexibility index (Phi) is 5.57. The van der Waals surface area contributed by atoms with Crippen LogP contribution in [0.25, 0.3) is 10.9 Å². The lowest BCUT2D eigenvalue weighted by atomic mass is 10.1. The normalized spacial score (nSPS) is 11.5. The maximum absolute atomic E-state index is 4.71. The molecule has 0 bridgehead atoms. The molecule has 21 heavy (non-hydrogen) atoms. The summed E-state index contributed by atoms with van der Waals surface area (Å²) >= 11 is 0. The molecular formula is C18H27N3. The number of anilines is 1. The maximum atomic E-state index is 4.71. The summed E-state index contributed by atoms with van der Waals surface area (Å²) in [7, 11) is 2.19. The first-order chi connectivity index (χ1) is 10.1. The van der Waals surface area contributed by atoms with Gasteiger partial charge >= 0.3 is 0 Å². The van der Waals surface area contributed by atoms with E-state index in [9.17, 15) is 0 Å². The Morgan fingerprint density at radius 1 is 1.19 bits per heavy atom. The van der Waals surface area contributed by atoms with Gasteiger partial charge in [-0.05, 0) is 64.9 Å². The van der Waals surface area contributed by atoms with Crippen molar-refractivity contribution in [3.8, 4) is 0 Å². The van der Waals surface area contributed by atoms with Gasteiger partial charge in [0.1, 0.15) is 5.82 Å². The average molecular weight is 285 g/mol. The molecule has 1 heterocycles. The van der Waals surface area contributed by atoms with Crippen molar-refractivity contribution in [2.75, 3.05) is 25.5 Å². The summed E-state index contributed by atoms with van der Waals surface area (Å²) in [5, 5.41) is 4.69. The van der Waals surface area contributed by atoms with Crippen molar-refractivity contribution >= 4 is 16.7 Å². The lowest BCUT2D eigenvalue weighted by molar-refractivity contribution is 0.269. The fraction of sp³-hybridized carbons (Fsp3) is 0.500. The van der Waals surface area contributed by atoms with E-state index in [1.165, 1.54) is 23.8 Å². The largest absolute Gasteiger partial charge is 0.370 e. The minimum atomic E-state index is 0.627. The Labute approximate surface area is 128 Å². The Morgan fingerprint density at radius 2 is 1.95 bits per heavy atom. The van der Waals surface area contributed by atoms with Crippen LogP contribution in [0.3, 0.4) is 0 Å². The van der Waals surface area contributed by atoms with Gasteiger partial charge in [-0.15, -0.1) is 0 Å². The number of benzene rings is 1. The van der Waals surface area contributed by atoms with E-state index >= 15 is 0 Å². The highest BCUT2D eigenvalue weighted by Crippen LogP contribution is 2.19. The number of pyridine rings is 1. The molecule has 2 rings (SSSR count). The Hall–Kier alpha value is -1.61. The molecule has 0 radical (unpaired) electrons. The van der Waals surface area contributed by atoms with Gasteiger partial charge in [0, 0.05) is 18.0 Å². The predicted molar refractivity (Wildman–Crippen MR) is 92.0 cm³/mol. The Morgan fingerprint density at radius 3 is 2.71 bits per heavy atom. The van der Waals surface area contributed by atoms with Gasteiger partial charge in [0.2, 0.25) is 0 Å². The third-order valence-corrected chi connectivity index (χ3v) is 4.03. The fourth-order valence-corrected chi connectivity index (χ4v) is 2.35. The number of hydrogen-bond acceptors (Lipinski definition) is 3. The number of aryl methyl sites for hydroxylation is 1. The van der Waals surface area contributed by atoms with E-state index in [1.54, 1.807) is 0 Å². The molecule has 1 aromatic heterocycles. The molecular weight excluding hydrogens is 258 g/mol. The van der Waals surface area contributed by atoms with Crippen LogP contribution in [-0.4, -0.2) is 36.1 Å². The predicted octanol–water partition coefficient (Wildman–Crippen LogP) is 4.08. The lowest BCUT2D eigenvalue weighted by Gasteiger charge is -2.20. The van der Waals surface area contributed by atoms with E-state index in [0.29, 0.717) is 6.04 Å². The third kappa shape index (κ3) is 4.43. The molecule has 0 fully saturated rings. The van der Waals surface area contributed by atoms with E-state index in [4.69, 9.17) is 4.98 Å². The lowest BCUT2D eigenvalue weighted by Crippen LogP contribution is -2.27. The number of para-hydroxylation sites is 1. The SMILES string of the molecule is Cc1cc2ccccc2nc1NCCCCN(C)C(C)C. The van der Waals surface area contributed by atoms with Gasteiger partial charge in [-0.1, -0.05) is 18.2 Å². The molecule has 0 atom stereocenters. The molecule has 0 amide bonds. The average Bonchev–Trinajstić information content (AvgIpc) is 2.46. The van der Waals surface area contributed by atoms with Crippen molar-refractivity contribution in [2.24, 2.45) is 0 Å². The molecule has 0 unspecified atom stereocenters. The number of hydrogen-bond donors (Lipinski definition) is 1. The molecule has 0 aliphatic rings. The molecule has 1 aromatic carbocycles. The smallest absolute Gasteiger partial charge is 0.129 e. The number of fused-ring (bicyclic) bond motifs is 1. The number of unbranched alkanes of at least 4 members (excludes halogenated alkanes) is 1. The van der Waals surface area contributed by atoms with Crippen LogP contribution in [0.1, 0.15) is 32.3 Å². The van der Waals surface area contributed by atoms with Crippen LogP contribution in [0.2, 0.25) is 0 Å². The van der Waals surface area contributed by atoms with Crippen LogP contribution in [0.4, 0.5) is 5.82 Å². The van der Waals surface area contributed by atoms with Gasteiger partial charge in [-0.25, -0.2) is 4.98 Å². The summed E-state index contributed by atoms with van der Waals surface area (Å²) in [5.41, 5.74) is 2.28. The first kappa shape index (κ1) is 15.8. The van der Waals surface area contributed by atoms with E-state index in [2.05, 4.69) is 62.3 Å². The zero-order chi connectivity index (χ0) is 15.2. The topological polar surface area (TPSA) is 28.2 Å². The van der Waals surface area contributed by atoms with Crippen molar-refractivity contribution in [2.45, 2.75) is 39.7 Å². The first-order valence-electron chi connectivity index (χ1n) is 7.88. The molecule has 3 heteroatoms. The number of nitrogens with one attached hydrogen (secondary N) is 1. The van der Waals surface area contributed by atoms with Crippen LogP contribution in [-0.2, 0) is 0 Å². The second-order valence-electron chi connectivity index (χ2n) is 6.05. The number of aromatic nitrogens is 1. The van der Waals surface area contributed by atoms with Gasteiger partial charge in [0.25, 0.3) is 0 Å². The molecule has 0 aliphatic heterocycles. The minimum Gasteiger partial charge on any atom is -0.370 e. The molecule has 1 N–H and O–H groups in total. The van der Waals surface area contributed by atoms with Gasteiger partial charge in [-0.2, -0.15) is 0 Å². The second-order valence-corrected chi connectivity index (χ2v) is 6.05. The van der Waals surface area contributed by atoms with Crippen LogP contribution >= 0.6 is 0 Å². The minimum absolute atomic E-state index is 0.627. The zero-order valence-electron chi connectivity index (χ0n) is 13.7. The summed E-state index contributed by atoms with van der Waals surface area (Å²) in [6.07, 6.45) is 2.39. The van der Waals surface area contributed by atoms with Gasteiger partial charge in [-0.3, -0.25) is 0 Å². The van der Waals surface area contributed by atoms with Crippen LogP contribution in [0.15, 0.2) is 30.3 Å². The summed E-state index contributed by atoms with van der Waals surface area (Å²) in [5.74, 6) is 1.02. The zero-order valence-corrected chi connectivity index (χ0v) is 13.7. The highest BCUT2D eigenvalue weighted by molar-refractivity contribution is 5.81. The monoisotopic (exact) mass is 285 g/mol. The molecule has 0 saturated heterocycles. The van der Waals surface area contributed by atoms with Crippen molar-refractivity contribution in [1.29, 1.82) is 0 Å². The highest BCUT2D eigenvalue weighted by atomic mass is 15.1. The number of nitrogens with zero attached hydrogens (tertiary/aromatic N) is 2. The van der Waals surface area contributed by atoms with Crippen molar-refractivity contribution in [3.63, 3.8) is 0 Å². The third-order valence-electron chi connectivity index (χ3n) is 4.03. The molecule has 0 aliphatic carbocycles. The summed E-state index contributed by atoms with van der Waals surface area (Å²) < 4.78 is 0. The van der Waals surface area contributed by atoms with Crippen LogP contribution < -0.4 is 5.32 Å². The Bertz CT molecular complexity index is 578. The van der Waals surface area contributed by atoms with E-state index in [0.717, 1.165) is 24.4 Å². The van der Waals surface area contributed by atoms with E-state index in [1.807, 2.05) is 6.07 Å². The summed E-state index contributed by atoms with van der Waals surface area (Å²) in [6.45, 7) is 8.73. The quantitative estimate of drug-likeness (QED) is 0.777. The van der Waals surface area contributed by atoms with Crippen molar-refractivity contribution in [3.05, 3.63) is 35.9 Å². The molecule has 2 aromatic rings. The standard InChI is InChI=1S/C18H27N3/c1-14(2)21(4)12-8-7-11-19-18-15(3)13-16-9-5-6-10-17(16)20-18/h5-6,9-10,13-14H,7-8,11-12H2,1-4H3,(H,19,20). The highest BCUT2D eigenvalue weighted by Gasteiger charge is 2.04. The van der Waals surface area contributed by atoms with Crippen LogP contribution in [0.5, 0.6) is 0 Å². The van der Waals surface area contributed by atoms with E-state index < -0.39 is 0 Å². The summed E-state index contributed by atoms with van der Waals surface area (Å²) in [6, 6.07) is 11.1. The van der Waals surface area contributed by atoms with E-state index in [-0.39, 0.29) is 0 Å². The van der Waals surface area contributed by atoms with Crippen molar-refractivity contribution in [1.82, 2.24) is 9.88 Å². The molecule has 3 nitrogen and oxygen atoms in total. The van der Waals surface area contributed by atoms with Gasteiger partial charge in [0.05, 0.1) is 5.52 Å².